The number of nitrogens with one attached hydrogen (secondary N) is 1. The van der Waals surface area contributed by atoms with E-state index in [9.17, 15) is 0 Å². The van der Waals surface area contributed by atoms with Crippen molar-refractivity contribution in [1.29, 1.82) is 0 Å². The van der Waals surface area contributed by atoms with Crippen molar-refractivity contribution in [3.63, 3.8) is 0 Å². The van der Waals surface area contributed by atoms with Crippen LogP contribution in [-0.2, 0) is 6.54 Å². The Balaban J connectivity index is 2.35. The van der Waals surface area contributed by atoms with Crippen molar-refractivity contribution >= 4 is 11.3 Å². The van der Waals surface area contributed by atoms with E-state index in [0.29, 0.717) is 0 Å². The molecule has 1 unspecified atom stereocenters. The van der Waals surface area contributed by atoms with Crippen molar-refractivity contribution in [2.24, 2.45) is 0 Å². The van der Waals surface area contributed by atoms with Gasteiger partial charge in [-0.15, -0.1) is 11.3 Å². The fourth-order valence-electron chi connectivity index (χ4n) is 2.24. The zero-order valence-corrected chi connectivity index (χ0v) is 13.0. The van der Waals surface area contributed by atoms with Gasteiger partial charge in [-0.3, -0.25) is 4.68 Å². The second-order valence-corrected chi connectivity index (χ2v) is 6.13. The SMILES string of the molecule is CCCNC(c1cc(C)c(C)s1)c1ccnn1CC. The van der Waals surface area contributed by atoms with Crippen molar-refractivity contribution < 1.29 is 0 Å². The molecule has 19 heavy (non-hydrogen) atoms. The molecule has 0 saturated heterocycles. The average molecular weight is 277 g/mol. The van der Waals surface area contributed by atoms with Gasteiger partial charge in [-0.05, 0) is 51.4 Å². The fourth-order valence-corrected chi connectivity index (χ4v) is 3.37. The number of hydrogen-bond donors (Lipinski definition) is 1. The van der Waals surface area contributed by atoms with Crippen LogP contribution in [0.1, 0.15) is 47.3 Å². The lowest BCUT2D eigenvalue weighted by Gasteiger charge is -2.18. The van der Waals surface area contributed by atoms with Crippen molar-refractivity contribution in [1.82, 2.24) is 15.1 Å². The molecule has 2 aromatic heterocycles. The minimum absolute atomic E-state index is 0.264. The summed E-state index contributed by atoms with van der Waals surface area (Å²) in [6.45, 7) is 10.6. The minimum atomic E-state index is 0.264. The molecule has 4 heteroatoms. The molecule has 1 atom stereocenters. The van der Waals surface area contributed by atoms with E-state index in [-0.39, 0.29) is 6.04 Å². The molecule has 0 aliphatic carbocycles. The molecular formula is C15H23N3S. The Morgan fingerprint density at radius 1 is 1.37 bits per heavy atom. The van der Waals surface area contributed by atoms with Gasteiger partial charge in [0.25, 0.3) is 0 Å². The quantitative estimate of drug-likeness (QED) is 0.873. The minimum Gasteiger partial charge on any atom is -0.304 e. The molecule has 2 rings (SSSR count). The van der Waals surface area contributed by atoms with Crippen LogP contribution in [0.4, 0.5) is 0 Å². The normalized spacial score (nSPS) is 12.8. The van der Waals surface area contributed by atoms with Crippen LogP contribution in [0.3, 0.4) is 0 Å². The van der Waals surface area contributed by atoms with Crippen LogP contribution in [-0.4, -0.2) is 16.3 Å². The monoisotopic (exact) mass is 277 g/mol. The Bertz CT molecular complexity index is 508. The van der Waals surface area contributed by atoms with E-state index in [4.69, 9.17) is 0 Å². The molecule has 2 heterocycles. The molecule has 0 amide bonds. The first-order chi connectivity index (χ1) is 9.17. The molecule has 0 saturated carbocycles. The van der Waals surface area contributed by atoms with E-state index in [2.05, 4.69) is 54.9 Å². The summed E-state index contributed by atoms with van der Waals surface area (Å²) in [6, 6.07) is 4.70. The van der Waals surface area contributed by atoms with Crippen molar-refractivity contribution in [2.75, 3.05) is 6.54 Å². The first kappa shape index (κ1) is 14.3. The Labute approximate surface area is 119 Å². The van der Waals surface area contributed by atoms with Gasteiger partial charge in [0, 0.05) is 22.5 Å². The Morgan fingerprint density at radius 2 is 2.16 bits per heavy atom. The van der Waals surface area contributed by atoms with Crippen LogP contribution in [0.15, 0.2) is 18.3 Å². The largest absolute Gasteiger partial charge is 0.304 e. The highest BCUT2D eigenvalue weighted by Crippen LogP contribution is 2.30. The first-order valence-corrected chi connectivity index (χ1v) is 7.81. The maximum absolute atomic E-state index is 4.40. The molecule has 0 radical (unpaired) electrons. The highest BCUT2D eigenvalue weighted by atomic mass is 32.1. The molecule has 104 valence electrons. The van der Waals surface area contributed by atoms with Crippen LogP contribution in [0.2, 0.25) is 0 Å². The highest BCUT2D eigenvalue weighted by Gasteiger charge is 2.19. The number of nitrogens with zero attached hydrogens (tertiary/aromatic N) is 2. The molecule has 0 spiro atoms. The van der Waals surface area contributed by atoms with E-state index in [0.717, 1.165) is 19.5 Å². The zero-order valence-electron chi connectivity index (χ0n) is 12.2. The van der Waals surface area contributed by atoms with Crippen LogP contribution in [0, 0.1) is 13.8 Å². The average Bonchev–Trinajstić information content (AvgIpc) is 2.98. The maximum Gasteiger partial charge on any atom is 0.0842 e. The van der Waals surface area contributed by atoms with Crippen LogP contribution in [0.5, 0.6) is 0 Å². The summed E-state index contributed by atoms with van der Waals surface area (Å²) >= 11 is 1.89. The second kappa shape index (κ2) is 6.35. The van der Waals surface area contributed by atoms with Crippen molar-refractivity contribution in [3.05, 3.63) is 39.3 Å². The lowest BCUT2D eigenvalue weighted by Crippen LogP contribution is -2.25. The van der Waals surface area contributed by atoms with Gasteiger partial charge in [0.05, 0.1) is 11.7 Å². The third-order valence-corrected chi connectivity index (χ3v) is 4.63. The van der Waals surface area contributed by atoms with Gasteiger partial charge >= 0.3 is 0 Å². The van der Waals surface area contributed by atoms with E-state index in [1.54, 1.807) is 0 Å². The van der Waals surface area contributed by atoms with Gasteiger partial charge in [0.2, 0.25) is 0 Å². The number of rotatable bonds is 6. The third-order valence-electron chi connectivity index (χ3n) is 3.41. The summed E-state index contributed by atoms with van der Waals surface area (Å²) in [5.74, 6) is 0. The summed E-state index contributed by atoms with van der Waals surface area (Å²) < 4.78 is 2.08. The molecule has 0 bridgehead atoms. The first-order valence-electron chi connectivity index (χ1n) is 6.99. The predicted octanol–water partition coefficient (Wildman–Crippen LogP) is 3.67. The number of thiophene rings is 1. The Kier molecular flexibility index (Phi) is 4.77. The van der Waals surface area contributed by atoms with E-state index in [1.165, 1.54) is 21.0 Å². The fraction of sp³-hybridized carbons (Fsp3) is 0.533. The van der Waals surface area contributed by atoms with Crippen LogP contribution in [0.25, 0.3) is 0 Å². The van der Waals surface area contributed by atoms with Crippen molar-refractivity contribution in [2.45, 2.75) is 46.7 Å². The number of aryl methyl sites for hydroxylation is 3. The highest BCUT2D eigenvalue weighted by molar-refractivity contribution is 7.12. The third kappa shape index (κ3) is 3.07. The van der Waals surface area contributed by atoms with Gasteiger partial charge in [-0.25, -0.2) is 0 Å². The summed E-state index contributed by atoms with van der Waals surface area (Å²) in [5, 5.41) is 8.05. The summed E-state index contributed by atoms with van der Waals surface area (Å²) in [4.78, 5) is 2.79. The molecule has 0 aromatic carbocycles. The number of hydrogen-bond acceptors (Lipinski definition) is 3. The lowest BCUT2D eigenvalue weighted by atomic mass is 10.1. The van der Waals surface area contributed by atoms with Crippen molar-refractivity contribution in [3.8, 4) is 0 Å². The molecule has 1 N–H and O–H groups in total. The predicted molar refractivity (Wildman–Crippen MR) is 81.8 cm³/mol. The molecular weight excluding hydrogens is 254 g/mol. The molecule has 0 aliphatic rings. The lowest BCUT2D eigenvalue weighted by molar-refractivity contribution is 0.534. The van der Waals surface area contributed by atoms with Gasteiger partial charge in [0.15, 0.2) is 0 Å². The van der Waals surface area contributed by atoms with E-state index in [1.807, 2.05) is 17.5 Å². The summed E-state index contributed by atoms with van der Waals surface area (Å²) in [5.41, 5.74) is 2.64. The summed E-state index contributed by atoms with van der Waals surface area (Å²) in [7, 11) is 0. The molecule has 2 aromatic rings. The van der Waals surface area contributed by atoms with Crippen LogP contribution < -0.4 is 5.32 Å². The molecule has 0 fully saturated rings. The van der Waals surface area contributed by atoms with Gasteiger partial charge in [-0.2, -0.15) is 5.10 Å². The van der Waals surface area contributed by atoms with E-state index >= 15 is 0 Å². The summed E-state index contributed by atoms with van der Waals surface area (Å²) in [6.07, 6.45) is 3.03. The number of aromatic nitrogens is 2. The zero-order chi connectivity index (χ0) is 13.8. The van der Waals surface area contributed by atoms with Gasteiger partial charge in [0.1, 0.15) is 0 Å². The topological polar surface area (TPSA) is 29.9 Å². The Morgan fingerprint density at radius 3 is 2.74 bits per heavy atom. The smallest absolute Gasteiger partial charge is 0.0842 e. The van der Waals surface area contributed by atoms with Gasteiger partial charge in [-0.1, -0.05) is 6.92 Å². The Hall–Kier alpha value is -1.13. The van der Waals surface area contributed by atoms with Gasteiger partial charge < -0.3 is 5.32 Å². The molecule has 3 nitrogen and oxygen atoms in total. The second-order valence-electron chi connectivity index (χ2n) is 4.85. The van der Waals surface area contributed by atoms with E-state index < -0.39 is 0 Å². The maximum atomic E-state index is 4.40. The standard InChI is InChI=1S/C15H23N3S/c1-5-8-16-15(13-7-9-17-18(13)6-2)14-10-11(3)12(4)19-14/h7,9-10,15-16H,5-6,8H2,1-4H3. The van der Waals surface area contributed by atoms with Crippen LogP contribution >= 0.6 is 11.3 Å². The molecule has 0 aliphatic heterocycles.